The van der Waals surface area contributed by atoms with Crippen LogP contribution in [0.2, 0.25) is 0 Å². The summed E-state index contributed by atoms with van der Waals surface area (Å²) in [7, 11) is 0. The number of nitrogens with zero attached hydrogens (tertiary/aromatic N) is 2. The molecule has 1 aliphatic rings. The Morgan fingerprint density at radius 3 is 2.44 bits per heavy atom. The highest BCUT2D eigenvalue weighted by Crippen LogP contribution is 2.14. The van der Waals surface area contributed by atoms with Crippen LogP contribution in [0.25, 0.3) is 0 Å². The summed E-state index contributed by atoms with van der Waals surface area (Å²) in [5.74, 6) is -2.62. The summed E-state index contributed by atoms with van der Waals surface area (Å²) in [6.07, 6.45) is -2.86. The highest BCUT2D eigenvalue weighted by Gasteiger charge is 2.35. The van der Waals surface area contributed by atoms with E-state index in [1.54, 1.807) is 0 Å². The molecule has 2 bridgehead atoms. The fourth-order valence-corrected chi connectivity index (χ4v) is 1.00. The third-order valence-electron chi connectivity index (χ3n) is 1.79. The Labute approximate surface area is 88.5 Å². The van der Waals surface area contributed by atoms with E-state index in [9.17, 15) is 19.8 Å². The Balaban J connectivity index is 2.40. The van der Waals surface area contributed by atoms with Gasteiger partial charge in [-0.15, -0.1) is 0 Å². The first-order valence-electron chi connectivity index (χ1n) is 4.20. The molecule has 8 nitrogen and oxygen atoms in total. The Hall–Kier alpha value is -2.06. The normalized spacial score (nSPS) is 24.9. The Bertz CT molecular complexity index is 411. The number of carbonyl (C=O) groups excluding carboxylic acids is 2. The van der Waals surface area contributed by atoms with E-state index in [4.69, 9.17) is 0 Å². The van der Waals surface area contributed by atoms with Crippen molar-refractivity contribution < 1.29 is 29.3 Å². The zero-order valence-corrected chi connectivity index (χ0v) is 7.73. The van der Waals surface area contributed by atoms with E-state index in [2.05, 4.69) is 19.4 Å². The highest BCUT2D eigenvalue weighted by atomic mass is 16.6. The summed E-state index contributed by atoms with van der Waals surface area (Å²) in [5, 5.41) is 18.4. The van der Waals surface area contributed by atoms with E-state index in [1.807, 2.05) is 0 Å². The van der Waals surface area contributed by atoms with Gasteiger partial charge in [0.25, 0.3) is 0 Å². The van der Waals surface area contributed by atoms with Gasteiger partial charge < -0.3 is 19.7 Å². The van der Waals surface area contributed by atoms with Gasteiger partial charge in [-0.3, -0.25) is 0 Å². The predicted molar refractivity (Wildman–Crippen MR) is 45.3 cm³/mol. The van der Waals surface area contributed by atoms with E-state index in [0.29, 0.717) is 0 Å². The lowest BCUT2D eigenvalue weighted by molar-refractivity contribution is -0.162. The molecule has 0 aliphatic carbocycles. The maximum absolute atomic E-state index is 11.2. The molecule has 0 radical (unpaired) electrons. The molecule has 0 saturated carbocycles. The molecule has 2 heterocycles. The molecule has 2 rings (SSSR count). The summed E-state index contributed by atoms with van der Waals surface area (Å²) in [6, 6.07) is 0.864. The average molecular weight is 226 g/mol. The van der Waals surface area contributed by atoms with Gasteiger partial charge in [0.2, 0.25) is 5.88 Å². The molecule has 0 aromatic carbocycles. The monoisotopic (exact) mass is 226 g/mol. The largest absolute Gasteiger partial charge is 0.405 e. The second-order valence-electron chi connectivity index (χ2n) is 2.91. The first-order chi connectivity index (χ1) is 7.58. The van der Waals surface area contributed by atoms with Crippen molar-refractivity contribution in [1.29, 1.82) is 0 Å². The van der Waals surface area contributed by atoms with Gasteiger partial charge >= 0.3 is 17.9 Å². The van der Waals surface area contributed by atoms with Crippen molar-refractivity contribution in [3.63, 3.8) is 0 Å². The summed E-state index contributed by atoms with van der Waals surface area (Å²) in [6.45, 7) is 0. The van der Waals surface area contributed by atoms with Crippen molar-refractivity contribution in [1.82, 2.24) is 9.97 Å². The van der Waals surface area contributed by atoms with Gasteiger partial charge in [0, 0.05) is 12.3 Å². The minimum atomic E-state index is -2.04. The Morgan fingerprint density at radius 2 is 1.75 bits per heavy atom. The van der Waals surface area contributed by atoms with Crippen LogP contribution in [0.3, 0.4) is 0 Å². The number of aliphatic hydroxyl groups is 2. The van der Waals surface area contributed by atoms with E-state index in [0.717, 1.165) is 0 Å². The molecule has 2 unspecified atom stereocenters. The molecule has 1 aromatic heterocycles. The quantitative estimate of drug-likeness (QED) is 0.488. The van der Waals surface area contributed by atoms with Gasteiger partial charge in [-0.1, -0.05) is 0 Å². The minimum Gasteiger partial charge on any atom is -0.405 e. The van der Waals surface area contributed by atoms with E-state index in [-0.39, 0.29) is 11.9 Å². The standard InChI is InChI=1S/C8H6N2O6/c11-4-5(12)7(14)16-8-9-2-1-3(10-8)15-6(4)13/h1-2,4-5,11-12H. The van der Waals surface area contributed by atoms with Gasteiger partial charge in [-0.25, -0.2) is 14.6 Å². The van der Waals surface area contributed by atoms with Crippen LogP contribution in [0.4, 0.5) is 0 Å². The summed E-state index contributed by atoms with van der Waals surface area (Å²) >= 11 is 0. The van der Waals surface area contributed by atoms with E-state index in [1.165, 1.54) is 12.3 Å². The number of aromatic nitrogens is 2. The molecule has 84 valence electrons. The van der Waals surface area contributed by atoms with Gasteiger partial charge in [0.15, 0.2) is 12.2 Å². The summed E-state index contributed by atoms with van der Waals surface area (Å²) < 4.78 is 9.08. The van der Waals surface area contributed by atoms with Crippen LogP contribution < -0.4 is 9.47 Å². The number of hydrogen-bond donors (Lipinski definition) is 2. The molecule has 2 atom stereocenters. The van der Waals surface area contributed by atoms with E-state index < -0.39 is 24.1 Å². The maximum atomic E-state index is 11.2. The number of hydrogen-bond acceptors (Lipinski definition) is 8. The van der Waals surface area contributed by atoms with Crippen molar-refractivity contribution in [3.8, 4) is 11.9 Å². The summed E-state index contributed by atoms with van der Waals surface area (Å²) in [4.78, 5) is 29.4. The number of rotatable bonds is 0. The molecule has 1 aliphatic heterocycles. The molecule has 16 heavy (non-hydrogen) atoms. The van der Waals surface area contributed by atoms with E-state index >= 15 is 0 Å². The fraction of sp³-hybridized carbons (Fsp3) is 0.250. The second-order valence-corrected chi connectivity index (χ2v) is 2.91. The molecule has 0 spiro atoms. The first kappa shape index (κ1) is 10.5. The van der Waals surface area contributed by atoms with Crippen LogP contribution in [0.15, 0.2) is 12.3 Å². The molecule has 0 amide bonds. The number of fused-ring (bicyclic) bond motifs is 2. The molecular weight excluding hydrogens is 220 g/mol. The lowest BCUT2D eigenvalue weighted by atomic mass is 10.2. The van der Waals surface area contributed by atoms with Gasteiger partial charge in [0.05, 0.1) is 0 Å². The number of ether oxygens (including phenoxy) is 2. The lowest BCUT2D eigenvalue weighted by Gasteiger charge is -2.11. The van der Waals surface area contributed by atoms with Gasteiger partial charge in [-0.05, 0) is 0 Å². The summed E-state index contributed by atoms with van der Waals surface area (Å²) in [5.41, 5.74) is 0. The maximum Gasteiger partial charge on any atom is 0.346 e. The highest BCUT2D eigenvalue weighted by molar-refractivity contribution is 5.87. The van der Waals surface area contributed by atoms with Crippen LogP contribution in [-0.4, -0.2) is 44.3 Å². The number of aliphatic hydroxyl groups excluding tert-OH is 2. The molecular formula is C8H6N2O6. The van der Waals surface area contributed by atoms with Crippen molar-refractivity contribution in [3.05, 3.63) is 12.3 Å². The zero-order valence-electron chi connectivity index (χ0n) is 7.73. The zero-order chi connectivity index (χ0) is 11.7. The molecule has 0 fully saturated rings. The molecule has 8 heteroatoms. The first-order valence-corrected chi connectivity index (χ1v) is 4.20. The average Bonchev–Trinajstić information content (AvgIpc) is 2.28. The lowest BCUT2D eigenvalue weighted by Crippen LogP contribution is -2.43. The fourth-order valence-electron chi connectivity index (χ4n) is 1.00. The van der Waals surface area contributed by atoms with Crippen LogP contribution in [0.5, 0.6) is 11.9 Å². The third-order valence-corrected chi connectivity index (χ3v) is 1.79. The topological polar surface area (TPSA) is 119 Å². The number of esters is 2. The number of carbonyl (C=O) groups is 2. The second kappa shape index (κ2) is 3.83. The van der Waals surface area contributed by atoms with Crippen molar-refractivity contribution >= 4 is 11.9 Å². The van der Waals surface area contributed by atoms with Gasteiger partial charge in [-0.2, -0.15) is 4.98 Å². The minimum absolute atomic E-state index is 0.184. The van der Waals surface area contributed by atoms with Crippen molar-refractivity contribution in [2.75, 3.05) is 0 Å². The van der Waals surface area contributed by atoms with Crippen molar-refractivity contribution in [2.45, 2.75) is 12.2 Å². The molecule has 2 N–H and O–H groups in total. The van der Waals surface area contributed by atoms with Crippen LogP contribution in [0, 0.1) is 0 Å². The SMILES string of the molecule is O=C1Oc2ccnc(n2)OC(=O)C(O)C1O. The van der Waals surface area contributed by atoms with Crippen LogP contribution >= 0.6 is 0 Å². The molecule has 1 aromatic rings. The molecule has 0 saturated heterocycles. The van der Waals surface area contributed by atoms with Crippen LogP contribution in [0.1, 0.15) is 0 Å². The van der Waals surface area contributed by atoms with Gasteiger partial charge in [0.1, 0.15) is 0 Å². The Kier molecular flexibility index (Phi) is 2.50. The Morgan fingerprint density at radius 1 is 1.12 bits per heavy atom. The third kappa shape index (κ3) is 1.83. The van der Waals surface area contributed by atoms with Crippen LogP contribution in [-0.2, 0) is 9.59 Å². The predicted octanol–water partition coefficient (Wildman–Crippen LogP) is -1.98. The smallest absolute Gasteiger partial charge is 0.346 e. The van der Waals surface area contributed by atoms with Crippen molar-refractivity contribution in [2.24, 2.45) is 0 Å².